The number of nitrogens with one attached hydrogen (secondary N) is 2. The maximum Gasteiger partial charge on any atom is 0.311 e. The minimum Gasteiger partial charge on any atom is -0.502 e. The Morgan fingerprint density at radius 3 is 2.80 bits per heavy atom. The minimum atomic E-state index is -0.830. The fourth-order valence-electron chi connectivity index (χ4n) is 3.82. The molecule has 182 valence electrons. The molecule has 1 amide bonds. The topological polar surface area (TPSA) is 144 Å². The van der Waals surface area contributed by atoms with Crippen LogP contribution in [0.1, 0.15) is 32.4 Å². The number of nitro benzene ring substituents is 1. The second kappa shape index (κ2) is 10.1. The molecule has 1 aromatic heterocycles. The van der Waals surface area contributed by atoms with Gasteiger partial charge in [0.1, 0.15) is 11.8 Å². The number of anilines is 2. The molecule has 1 aliphatic heterocycles. The number of phenols is 1. The fourth-order valence-corrected chi connectivity index (χ4v) is 4.38. The van der Waals surface area contributed by atoms with Gasteiger partial charge in [-0.25, -0.2) is 4.68 Å². The first kappa shape index (κ1) is 24.1. The van der Waals surface area contributed by atoms with Crippen LogP contribution in [0, 0.1) is 10.1 Å². The van der Waals surface area contributed by atoms with Crippen molar-refractivity contribution >= 4 is 35.0 Å². The molecule has 1 atom stereocenters. The van der Waals surface area contributed by atoms with Gasteiger partial charge in [-0.3, -0.25) is 14.9 Å². The van der Waals surface area contributed by atoms with Gasteiger partial charge in [-0.1, -0.05) is 36.9 Å². The number of allylic oxidation sites excluding steroid dienone is 1. The molecule has 2 aromatic carbocycles. The van der Waals surface area contributed by atoms with E-state index in [2.05, 4.69) is 20.7 Å². The van der Waals surface area contributed by atoms with Gasteiger partial charge >= 0.3 is 5.69 Å². The van der Waals surface area contributed by atoms with Gasteiger partial charge < -0.3 is 20.5 Å². The second-order valence-electron chi connectivity index (χ2n) is 7.55. The number of ether oxygens (including phenoxy) is 1. The summed E-state index contributed by atoms with van der Waals surface area (Å²) in [7, 11) is 0. The number of benzene rings is 2. The van der Waals surface area contributed by atoms with Crippen LogP contribution in [0.25, 0.3) is 0 Å². The number of para-hydroxylation sites is 2. The van der Waals surface area contributed by atoms with Crippen LogP contribution in [0.3, 0.4) is 0 Å². The van der Waals surface area contributed by atoms with Crippen molar-refractivity contribution in [3.63, 3.8) is 0 Å². The SMILES string of the molecule is CCOc1ccccc1NC(=O)C1=C(C)Nc2nc(SCC)nn2C1c1ccc(O)c([N+](=O)[O-])c1. The van der Waals surface area contributed by atoms with Crippen LogP contribution in [0.2, 0.25) is 0 Å². The Balaban J connectivity index is 1.82. The zero-order valence-corrected chi connectivity index (χ0v) is 20.1. The van der Waals surface area contributed by atoms with Gasteiger partial charge in [-0.05, 0) is 43.4 Å². The second-order valence-corrected chi connectivity index (χ2v) is 8.78. The lowest BCUT2D eigenvalue weighted by Crippen LogP contribution is -2.31. The third-order valence-corrected chi connectivity index (χ3v) is 6.02. The van der Waals surface area contributed by atoms with Crippen molar-refractivity contribution in [1.29, 1.82) is 0 Å². The Labute approximate surface area is 205 Å². The lowest BCUT2D eigenvalue weighted by Gasteiger charge is -2.28. The van der Waals surface area contributed by atoms with Crippen LogP contribution in [0.4, 0.5) is 17.3 Å². The van der Waals surface area contributed by atoms with Crippen molar-refractivity contribution in [1.82, 2.24) is 14.8 Å². The van der Waals surface area contributed by atoms with Crippen LogP contribution in [0.15, 0.2) is 58.9 Å². The summed E-state index contributed by atoms with van der Waals surface area (Å²) >= 11 is 1.43. The molecule has 11 nitrogen and oxygen atoms in total. The van der Waals surface area contributed by atoms with Gasteiger partial charge in [0, 0.05) is 11.8 Å². The van der Waals surface area contributed by atoms with Crippen molar-refractivity contribution in [2.45, 2.75) is 32.0 Å². The van der Waals surface area contributed by atoms with Crippen molar-refractivity contribution in [3.05, 3.63) is 69.4 Å². The lowest BCUT2D eigenvalue weighted by molar-refractivity contribution is -0.385. The number of amides is 1. The number of aromatic hydroxyl groups is 1. The van der Waals surface area contributed by atoms with Gasteiger partial charge in [0.2, 0.25) is 11.1 Å². The number of hydrogen-bond donors (Lipinski definition) is 3. The van der Waals surface area contributed by atoms with E-state index in [4.69, 9.17) is 4.74 Å². The van der Waals surface area contributed by atoms with Gasteiger partial charge in [-0.15, -0.1) is 5.10 Å². The average Bonchev–Trinajstić information content (AvgIpc) is 3.22. The summed E-state index contributed by atoms with van der Waals surface area (Å²) < 4.78 is 7.16. The summed E-state index contributed by atoms with van der Waals surface area (Å²) in [6, 6.07) is 10.3. The molecule has 0 bridgehead atoms. The third-order valence-electron chi connectivity index (χ3n) is 5.30. The highest BCUT2D eigenvalue weighted by Gasteiger charge is 2.35. The molecule has 0 saturated heterocycles. The van der Waals surface area contributed by atoms with Crippen LogP contribution < -0.4 is 15.4 Å². The number of aromatic nitrogens is 3. The first-order valence-electron chi connectivity index (χ1n) is 10.9. The van der Waals surface area contributed by atoms with Gasteiger partial charge in [0.05, 0.1) is 22.8 Å². The lowest BCUT2D eigenvalue weighted by atomic mass is 9.94. The summed E-state index contributed by atoms with van der Waals surface area (Å²) in [6.45, 7) is 5.98. The number of nitrogens with zero attached hydrogens (tertiary/aromatic N) is 4. The zero-order valence-electron chi connectivity index (χ0n) is 19.3. The Morgan fingerprint density at radius 2 is 2.09 bits per heavy atom. The number of nitro groups is 1. The highest BCUT2D eigenvalue weighted by atomic mass is 32.2. The number of carbonyl (C=O) groups excluding carboxylic acids is 1. The molecular weight excluding hydrogens is 472 g/mol. The highest BCUT2D eigenvalue weighted by molar-refractivity contribution is 7.99. The summed E-state index contributed by atoms with van der Waals surface area (Å²) in [4.78, 5) is 29.0. The smallest absolute Gasteiger partial charge is 0.311 e. The molecular formula is C23H24N6O5S. The van der Waals surface area contributed by atoms with Crippen molar-refractivity contribution in [2.75, 3.05) is 23.0 Å². The van der Waals surface area contributed by atoms with E-state index >= 15 is 0 Å². The van der Waals surface area contributed by atoms with E-state index in [9.17, 15) is 20.0 Å². The van der Waals surface area contributed by atoms with E-state index in [1.807, 2.05) is 13.8 Å². The molecule has 3 N–H and O–H groups in total. The van der Waals surface area contributed by atoms with Crippen LogP contribution >= 0.6 is 11.8 Å². The standard InChI is InChI=1S/C23H24N6O5S/c1-4-34-18-9-7-6-8-15(18)25-21(31)19-13(3)24-22-26-23(35-5-2)27-28(22)20(19)14-10-11-17(30)16(12-14)29(32)33/h6-12,20,30H,4-5H2,1-3H3,(H,25,31)(H,24,26,27). The van der Waals surface area contributed by atoms with E-state index in [1.54, 1.807) is 31.2 Å². The van der Waals surface area contributed by atoms with E-state index in [0.29, 0.717) is 46.0 Å². The molecule has 0 fully saturated rings. The van der Waals surface area contributed by atoms with E-state index < -0.39 is 28.3 Å². The molecule has 35 heavy (non-hydrogen) atoms. The maximum absolute atomic E-state index is 13.6. The molecule has 3 aromatic rings. The van der Waals surface area contributed by atoms with E-state index in [-0.39, 0.29) is 0 Å². The average molecular weight is 497 g/mol. The summed E-state index contributed by atoms with van der Waals surface area (Å²) in [5.41, 5.74) is 1.23. The normalized spacial score (nSPS) is 14.8. The van der Waals surface area contributed by atoms with Crippen LogP contribution in [-0.2, 0) is 4.79 Å². The van der Waals surface area contributed by atoms with Crippen LogP contribution in [0.5, 0.6) is 11.5 Å². The molecule has 4 rings (SSSR count). The number of carbonyl (C=O) groups is 1. The summed E-state index contributed by atoms with van der Waals surface area (Å²) in [6.07, 6.45) is 0. The van der Waals surface area contributed by atoms with Crippen LogP contribution in [-0.4, -0.2) is 43.1 Å². The predicted molar refractivity (Wildman–Crippen MR) is 132 cm³/mol. The van der Waals surface area contributed by atoms with E-state index in [1.165, 1.54) is 34.6 Å². The highest BCUT2D eigenvalue weighted by Crippen LogP contribution is 2.39. The molecule has 0 aliphatic carbocycles. The van der Waals surface area contributed by atoms with Gasteiger partial charge in [0.25, 0.3) is 5.91 Å². The Kier molecular flexibility index (Phi) is 6.92. The van der Waals surface area contributed by atoms with Crippen molar-refractivity contribution in [3.8, 4) is 11.5 Å². The molecule has 1 aliphatic rings. The molecule has 1 unspecified atom stereocenters. The first-order chi connectivity index (χ1) is 16.8. The Bertz CT molecular complexity index is 1320. The third kappa shape index (κ3) is 4.78. The van der Waals surface area contributed by atoms with Crippen molar-refractivity contribution in [2.24, 2.45) is 0 Å². The van der Waals surface area contributed by atoms with Crippen molar-refractivity contribution < 1.29 is 19.6 Å². The quantitative estimate of drug-likeness (QED) is 0.236. The predicted octanol–water partition coefficient (Wildman–Crippen LogP) is 4.33. The number of hydrogen-bond acceptors (Lipinski definition) is 9. The number of thioether (sulfide) groups is 1. The van der Waals surface area contributed by atoms with Gasteiger partial charge in [0.15, 0.2) is 5.75 Å². The number of phenolic OH excluding ortho intramolecular Hbond substituents is 1. The largest absolute Gasteiger partial charge is 0.502 e. The van der Waals surface area contributed by atoms with E-state index in [0.717, 1.165) is 5.75 Å². The number of rotatable bonds is 8. The number of fused-ring (bicyclic) bond motifs is 1. The molecule has 2 heterocycles. The Hall–Kier alpha value is -4.06. The first-order valence-corrected chi connectivity index (χ1v) is 11.9. The monoisotopic (exact) mass is 496 g/mol. The Morgan fingerprint density at radius 1 is 1.31 bits per heavy atom. The molecule has 0 spiro atoms. The summed E-state index contributed by atoms with van der Waals surface area (Å²) in [5.74, 6) is 0.766. The molecule has 12 heteroatoms. The maximum atomic E-state index is 13.6. The molecule has 0 saturated carbocycles. The summed E-state index contributed by atoms with van der Waals surface area (Å²) in [5, 5.41) is 32.6. The minimum absolute atomic E-state index is 0.293. The van der Waals surface area contributed by atoms with Gasteiger partial charge in [-0.2, -0.15) is 4.98 Å². The molecule has 0 radical (unpaired) electrons. The fraction of sp³-hybridized carbons (Fsp3) is 0.261. The zero-order chi connectivity index (χ0) is 25.1.